The molecular formula is C21H26ClF4N3O2. The third-order valence-electron chi connectivity index (χ3n) is 6.65. The van der Waals surface area contributed by atoms with Crippen LogP contribution in [0.2, 0.25) is 5.02 Å². The van der Waals surface area contributed by atoms with Crippen LogP contribution in [0.25, 0.3) is 0 Å². The van der Waals surface area contributed by atoms with Crippen molar-refractivity contribution in [3.05, 3.63) is 34.6 Å². The molecule has 1 unspecified atom stereocenters. The molecule has 1 aliphatic carbocycles. The second-order valence-corrected chi connectivity index (χ2v) is 8.92. The highest BCUT2D eigenvalue weighted by Crippen LogP contribution is 2.46. The van der Waals surface area contributed by atoms with Gasteiger partial charge in [0.2, 0.25) is 5.91 Å². The van der Waals surface area contributed by atoms with Crippen LogP contribution in [0.3, 0.4) is 0 Å². The second kappa shape index (κ2) is 8.84. The number of urea groups is 1. The predicted molar refractivity (Wildman–Crippen MR) is 108 cm³/mol. The highest BCUT2D eigenvalue weighted by Gasteiger charge is 2.47. The van der Waals surface area contributed by atoms with E-state index < -0.39 is 35.5 Å². The number of hydrogen-bond donors (Lipinski definition) is 2. The summed E-state index contributed by atoms with van der Waals surface area (Å²) in [6.07, 6.45) is -3.85. The molecule has 1 saturated heterocycles. The van der Waals surface area contributed by atoms with E-state index in [4.69, 9.17) is 11.6 Å². The molecule has 5 nitrogen and oxygen atoms in total. The van der Waals surface area contributed by atoms with E-state index >= 15 is 0 Å². The first kappa shape index (κ1) is 23.6. The van der Waals surface area contributed by atoms with E-state index in [1.165, 1.54) is 23.1 Å². The second-order valence-electron chi connectivity index (χ2n) is 8.51. The number of hydrogen-bond acceptors (Lipinski definition) is 2. The third-order valence-corrected chi connectivity index (χ3v) is 6.94. The quantitative estimate of drug-likeness (QED) is 0.644. The molecule has 0 bridgehead atoms. The molecular weight excluding hydrogens is 438 g/mol. The van der Waals surface area contributed by atoms with E-state index in [0.717, 1.165) is 0 Å². The average Bonchev–Trinajstić information content (AvgIpc) is 2.71. The zero-order valence-corrected chi connectivity index (χ0v) is 18.1. The smallest absolute Gasteiger partial charge is 0.353 e. The Kier molecular flexibility index (Phi) is 6.74. The van der Waals surface area contributed by atoms with E-state index in [1.807, 2.05) is 0 Å². The molecule has 2 fully saturated rings. The normalized spacial score (nSPS) is 26.7. The Morgan fingerprint density at radius 3 is 2.39 bits per heavy atom. The van der Waals surface area contributed by atoms with Crippen LogP contribution in [0.15, 0.2) is 18.2 Å². The minimum absolute atomic E-state index is 0.0446. The number of rotatable bonds is 3. The molecule has 2 N–H and O–H groups in total. The lowest BCUT2D eigenvalue weighted by molar-refractivity contribution is -0.185. The van der Waals surface area contributed by atoms with Crippen LogP contribution in [0, 0.1) is 17.7 Å². The summed E-state index contributed by atoms with van der Waals surface area (Å²) in [4.78, 5) is 26.5. The standard InChI is InChI=1S/C21H26ClF4N3O2/c1-12-18(30)27-9-10-29(12)19(31)28-20(2,15-7-8-17(23)16(22)11-15)13-3-5-14(6-4-13)21(24,25)26/h7-8,11-14H,3-6,9-10H2,1-2H3,(H,27,30)(H,28,31)/t12?,13?,14?,20-/m1/s1. The SMILES string of the molecule is CC1C(=O)NCCN1C(=O)N[C@@](C)(c1ccc(F)c(Cl)c1)C1CCC(C(F)(F)F)CC1. The van der Waals surface area contributed by atoms with E-state index in [9.17, 15) is 27.2 Å². The van der Waals surface area contributed by atoms with Crippen molar-refractivity contribution in [2.75, 3.05) is 13.1 Å². The monoisotopic (exact) mass is 463 g/mol. The molecule has 1 aliphatic heterocycles. The third kappa shape index (κ3) is 4.91. The van der Waals surface area contributed by atoms with Crippen molar-refractivity contribution < 1.29 is 27.2 Å². The van der Waals surface area contributed by atoms with Gasteiger partial charge in [0.05, 0.1) is 16.5 Å². The maximum absolute atomic E-state index is 13.8. The molecule has 1 aromatic carbocycles. The summed E-state index contributed by atoms with van der Waals surface area (Å²) in [6.45, 7) is 3.95. The van der Waals surface area contributed by atoms with Gasteiger partial charge in [0.1, 0.15) is 11.9 Å². The predicted octanol–water partition coefficient (Wildman–Crippen LogP) is 4.59. The first-order valence-corrected chi connectivity index (χ1v) is 10.7. The highest BCUT2D eigenvalue weighted by atomic mass is 35.5. The van der Waals surface area contributed by atoms with Gasteiger partial charge in [0, 0.05) is 13.1 Å². The number of nitrogens with zero attached hydrogens (tertiary/aromatic N) is 1. The summed E-state index contributed by atoms with van der Waals surface area (Å²) in [7, 11) is 0. The van der Waals surface area contributed by atoms with E-state index in [-0.39, 0.29) is 42.5 Å². The highest BCUT2D eigenvalue weighted by molar-refractivity contribution is 6.30. The van der Waals surface area contributed by atoms with Gasteiger partial charge in [-0.25, -0.2) is 9.18 Å². The fourth-order valence-electron chi connectivity index (χ4n) is 4.58. The summed E-state index contributed by atoms with van der Waals surface area (Å²) in [5.74, 6) is -2.59. The van der Waals surface area contributed by atoms with Crippen LogP contribution in [0.1, 0.15) is 45.1 Å². The Morgan fingerprint density at radius 2 is 1.81 bits per heavy atom. The maximum Gasteiger partial charge on any atom is 0.391 e. The minimum Gasteiger partial charge on any atom is -0.353 e. The van der Waals surface area contributed by atoms with Crippen molar-refractivity contribution in [3.8, 4) is 0 Å². The first-order chi connectivity index (χ1) is 14.4. The molecule has 2 atom stereocenters. The maximum atomic E-state index is 13.8. The minimum atomic E-state index is -4.25. The van der Waals surface area contributed by atoms with Crippen LogP contribution >= 0.6 is 11.6 Å². The number of benzene rings is 1. The van der Waals surface area contributed by atoms with Gasteiger partial charge in [-0.05, 0) is 63.1 Å². The molecule has 0 spiro atoms. The number of piperazine rings is 1. The molecule has 0 aromatic heterocycles. The lowest BCUT2D eigenvalue weighted by Crippen LogP contribution is -2.61. The Hall–Kier alpha value is -2.03. The molecule has 10 heteroatoms. The van der Waals surface area contributed by atoms with Crippen LogP contribution in [0.4, 0.5) is 22.4 Å². The topological polar surface area (TPSA) is 61.4 Å². The largest absolute Gasteiger partial charge is 0.391 e. The van der Waals surface area contributed by atoms with Crippen LogP contribution < -0.4 is 10.6 Å². The van der Waals surface area contributed by atoms with Crippen molar-refractivity contribution in [2.45, 2.75) is 57.3 Å². The van der Waals surface area contributed by atoms with E-state index in [1.54, 1.807) is 13.8 Å². The fourth-order valence-corrected chi connectivity index (χ4v) is 4.76. The van der Waals surface area contributed by atoms with Crippen molar-refractivity contribution in [3.63, 3.8) is 0 Å². The average molecular weight is 464 g/mol. The van der Waals surface area contributed by atoms with E-state index in [0.29, 0.717) is 18.7 Å². The Labute approximate surface area is 183 Å². The molecule has 1 saturated carbocycles. The Balaban J connectivity index is 1.89. The van der Waals surface area contributed by atoms with Gasteiger partial charge < -0.3 is 15.5 Å². The molecule has 1 heterocycles. The summed E-state index contributed by atoms with van der Waals surface area (Å²) in [6, 6.07) is 2.89. The van der Waals surface area contributed by atoms with E-state index in [2.05, 4.69) is 10.6 Å². The number of alkyl halides is 3. The van der Waals surface area contributed by atoms with Crippen molar-refractivity contribution in [1.82, 2.24) is 15.5 Å². The number of carbonyl (C=O) groups excluding carboxylic acids is 2. The van der Waals surface area contributed by atoms with Gasteiger partial charge in [-0.1, -0.05) is 17.7 Å². The number of nitrogens with one attached hydrogen (secondary N) is 2. The zero-order valence-electron chi connectivity index (χ0n) is 17.4. The lowest BCUT2D eigenvalue weighted by Gasteiger charge is -2.44. The first-order valence-electron chi connectivity index (χ1n) is 10.3. The van der Waals surface area contributed by atoms with Gasteiger partial charge in [0.15, 0.2) is 0 Å². The van der Waals surface area contributed by atoms with Gasteiger partial charge in [-0.3, -0.25) is 4.79 Å². The molecule has 31 heavy (non-hydrogen) atoms. The van der Waals surface area contributed by atoms with Gasteiger partial charge in [-0.15, -0.1) is 0 Å². The molecule has 3 amide bonds. The molecule has 1 aromatic rings. The molecule has 3 rings (SSSR count). The fraction of sp³-hybridized carbons (Fsp3) is 0.619. The van der Waals surface area contributed by atoms with Gasteiger partial charge in [0.25, 0.3) is 0 Å². The number of halogens is 5. The summed E-state index contributed by atoms with van der Waals surface area (Å²) in [5.41, 5.74) is -0.574. The number of carbonyl (C=O) groups is 2. The lowest BCUT2D eigenvalue weighted by atomic mass is 9.69. The summed E-state index contributed by atoms with van der Waals surface area (Å²) in [5, 5.41) is 5.49. The zero-order chi connectivity index (χ0) is 23.0. The van der Waals surface area contributed by atoms with Crippen LogP contribution in [-0.2, 0) is 10.3 Å². The van der Waals surface area contributed by atoms with Crippen molar-refractivity contribution in [1.29, 1.82) is 0 Å². The molecule has 172 valence electrons. The molecule has 0 radical (unpaired) electrons. The summed E-state index contributed by atoms with van der Waals surface area (Å²) >= 11 is 5.97. The number of amides is 3. The molecule has 2 aliphatic rings. The van der Waals surface area contributed by atoms with Crippen molar-refractivity contribution >= 4 is 23.5 Å². The van der Waals surface area contributed by atoms with Gasteiger partial charge >= 0.3 is 12.2 Å². The van der Waals surface area contributed by atoms with Gasteiger partial charge in [-0.2, -0.15) is 13.2 Å². The van der Waals surface area contributed by atoms with Crippen molar-refractivity contribution in [2.24, 2.45) is 11.8 Å². The Morgan fingerprint density at radius 1 is 1.19 bits per heavy atom. The Bertz CT molecular complexity index is 842. The van der Waals surface area contributed by atoms with Crippen LogP contribution in [0.5, 0.6) is 0 Å². The summed E-state index contributed by atoms with van der Waals surface area (Å²) < 4.78 is 53.2. The van der Waals surface area contributed by atoms with Crippen LogP contribution in [-0.4, -0.2) is 42.1 Å².